The molecule has 0 saturated carbocycles. The first-order valence-corrected chi connectivity index (χ1v) is 10.7. The van der Waals surface area contributed by atoms with Crippen LogP contribution in [-0.2, 0) is 11.0 Å². The van der Waals surface area contributed by atoms with Crippen LogP contribution in [-0.4, -0.2) is 65.5 Å². The van der Waals surface area contributed by atoms with E-state index in [1.54, 1.807) is 19.2 Å². The van der Waals surface area contributed by atoms with Crippen LogP contribution < -0.4 is 14.8 Å². The average Bonchev–Trinajstić information content (AvgIpc) is 3.25. The molecule has 0 amide bonds. The Morgan fingerprint density at radius 2 is 2.03 bits per heavy atom. The predicted molar refractivity (Wildman–Crippen MR) is 114 cm³/mol. The number of hydrogen-bond acceptors (Lipinski definition) is 7. The molecule has 2 aliphatic heterocycles. The number of ether oxygens (including phenoxy) is 3. The van der Waals surface area contributed by atoms with Crippen LogP contribution in [0.1, 0.15) is 18.5 Å². The summed E-state index contributed by atoms with van der Waals surface area (Å²) in [5.41, 5.74) is 1.69. The molecule has 0 spiro atoms. The highest BCUT2D eigenvalue weighted by molar-refractivity contribution is 5.87. The van der Waals surface area contributed by atoms with E-state index in [9.17, 15) is 13.2 Å². The molecule has 3 aromatic rings. The van der Waals surface area contributed by atoms with Crippen molar-refractivity contribution in [3.05, 3.63) is 42.0 Å². The van der Waals surface area contributed by atoms with Gasteiger partial charge in [0, 0.05) is 24.7 Å². The van der Waals surface area contributed by atoms with E-state index in [2.05, 4.69) is 20.4 Å². The number of anilines is 1. The first kappa shape index (κ1) is 21.8. The van der Waals surface area contributed by atoms with E-state index in [1.807, 2.05) is 25.1 Å². The largest absolute Gasteiger partial charge is 0.521 e. The van der Waals surface area contributed by atoms with Gasteiger partial charge in [-0.15, -0.1) is 23.4 Å². The van der Waals surface area contributed by atoms with Gasteiger partial charge in [-0.1, -0.05) is 10.9 Å². The molecule has 0 radical (unpaired) electrons. The van der Waals surface area contributed by atoms with Crippen molar-refractivity contribution in [3.63, 3.8) is 0 Å². The van der Waals surface area contributed by atoms with Crippen molar-refractivity contribution < 1.29 is 27.4 Å². The number of hydrogen-bond donors (Lipinski definition) is 1. The summed E-state index contributed by atoms with van der Waals surface area (Å²) in [6.45, 7) is 4.50. The molecule has 0 bridgehead atoms. The molecule has 3 unspecified atom stereocenters. The Kier molecular flexibility index (Phi) is 5.53. The van der Waals surface area contributed by atoms with Gasteiger partial charge < -0.3 is 19.5 Å². The van der Waals surface area contributed by atoms with Gasteiger partial charge in [0.05, 0.1) is 37.6 Å². The van der Waals surface area contributed by atoms with E-state index < -0.39 is 6.30 Å². The molecule has 8 nitrogen and oxygen atoms in total. The Bertz CT molecular complexity index is 1150. The number of alkyl halides is 3. The van der Waals surface area contributed by atoms with Gasteiger partial charge in [0.1, 0.15) is 29.1 Å². The maximum atomic E-state index is 13.2. The number of morpholine rings is 1. The number of aromatic nitrogens is 3. The summed E-state index contributed by atoms with van der Waals surface area (Å²) in [5.74, 6) is 1.34. The summed E-state index contributed by atoms with van der Waals surface area (Å²) in [6, 6.07) is 10.2. The number of halogens is 3. The van der Waals surface area contributed by atoms with Crippen LogP contribution in [0, 0.1) is 0 Å². The fraction of sp³-hybridized carbons (Fsp3) is 0.455. The smallest absolute Gasteiger partial charge is 0.497 e. The molecule has 2 aromatic carbocycles. The molecule has 11 heteroatoms. The zero-order valence-corrected chi connectivity index (χ0v) is 18.2. The highest BCUT2D eigenvalue weighted by atomic mass is 19.4. The van der Waals surface area contributed by atoms with Crippen molar-refractivity contribution in [2.75, 3.05) is 38.7 Å². The van der Waals surface area contributed by atoms with Crippen LogP contribution in [0.15, 0.2) is 36.4 Å². The van der Waals surface area contributed by atoms with Crippen LogP contribution in [0.2, 0.25) is 0 Å². The summed E-state index contributed by atoms with van der Waals surface area (Å²) in [6.07, 6.45) is -4.61. The molecule has 3 heterocycles. The van der Waals surface area contributed by atoms with Gasteiger partial charge in [0.25, 0.3) is 0 Å². The average molecular weight is 463 g/mol. The molecule has 176 valence electrons. The lowest BCUT2D eigenvalue weighted by atomic mass is 9.93. The van der Waals surface area contributed by atoms with Crippen LogP contribution in [0.3, 0.4) is 0 Å². The Morgan fingerprint density at radius 1 is 1.18 bits per heavy atom. The van der Waals surface area contributed by atoms with Gasteiger partial charge in [0.2, 0.25) is 0 Å². The number of nitrogens with zero attached hydrogens (tertiary/aromatic N) is 4. The lowest BCUT2D eigenvalue weighted by Gasteiger charge is -2.44. The van der Waals surface area contributed by atoms with E-state index in [0.717, 1.165) is 18.7 Å². The van der Waals surface area contributed by atoms with Gasteiger partial charge in [0.15, 0.2) is 0 Å². The van der Waals surface area contributed by atoms with Gasteiger partial charge in [-0.3, -0.25) is 4.90 Å². The predicted octanol–water partition coefficient (Wildman–Crippen LogP) is 3.55. The summed E-state index contributed by atoms with van der Waals surface area (Å²) >= 11 is 0. The fourth-order valence-corrected chi connectivity index (χ4v) is 4.47. The zero-order chi connectivity index (χ0) is 23.2. The molecule has 0 aliphatic carbocycles. The van der Waals surface area contributed by atoms with Crippen LogP contribution in [0.4, 0.5) is 18.9 Å². The minimum absolute atomic E-state index is 0.0647. The number of fused-ring (bicyclic) bond motifs is 2. The van der Waals surface area contributed by atoms with E-state index in [4.69, 9.17) is 14.2 Å². The third kappa shape index (κ3) is 4.18. The quantitative estimate of drug-likeness (QED) is 0.634. The molecule has 2 aliphatic rings. The van der Waals surface area contributed by atoms with Gasteiger partial charge >= 0.3 is 6.30 Å². The summed E-state index contributed by atoms with van der Waals surface area (Å²) in [4.78, 5) is 2.10. The molecular formula is C22H24F3N5O3. The Hall–Kier alpha value is -3.05. The van der Waals surface area contributed by atoms with Crippen molar-refractivity contribution >= 4 is 16.7 Å². The van der Waals surface area contributed by atoms with Crippen LogP contribution in [0.25, 0.3) is 11.0 Å². The van der Waals surface area contributed by atoms with E-state index >= 15 is 0 Å². The molecule has 1 aromatic heterocycles. The SMILES string of the molecule is COc1ccc2c(c1)OCC(N1CCOC(C)C1)C2Nc1cccc2nn(C(F)(F)F)nc12. The standard InChI is InChI=1S/C22H24F3N5O3/c1-13-11-29(8-9-32-13)18-12-33-19-10-14(31-2)6-7-15(19)20(18)26-16-4-3-5-17-21(16)28-30(27-17)22(23,24)25/h3-7,10,13,18,20,26H,8-9,11-12H2,1-2H3. The van der Waals surface area contributed by atoms with Gasteiger partial charge in [-0.25, -0.2) is 0 Å². The van der Waals surface area contributed by atoms with Gasteiger partial charge in [-0.2, -0.15) is 0 Å². The van der Waals surface area contributed by atoms with E-state index in [-0.39, 0.29) is 34.0 Å². The topological polar surface area (TPSA) is 73.7 Å². The normalized spacial score (nSPS) is 23.7. The van der Waals surface area contributed by atoms with Crippen LogP contribution in [0.5, 0.6) is 11.5 Å². The molecule has 33 heavy (non-hydrogen) atoms. The first-order valence-electron chi connectivity index (χ1n) is 10.7. The maximum Gasteiger partial charge on any atom is 0.521 e. The van der Waals surface area contributed by atoms with E-state index in [0.29, 0.717) is 30.4 Å². The molecule has 1 N–H and O–H groups in total. The second-order valence-corrected chi connectivity index (χ2v) is 8.21. The van der Waals surface area contributed by atoms with Crippen molar-refractivity contribution in [3.8, 4) is 11.5 Å². The molecular weight excluding hydrogens is 439 g/mol. The summed E-state index contributed by atoms with van der Waals surface area (Å²) < 4.78 is 56.7. The second kappa shape index (κ2) is 8.38. The van der Waals surface area contributed by atoms with Crippen molar-refractivity contribution in [1.29, 1.82) is 0 Å². The first-order chi connectivity index (χ1) is 15.8. The molecule has 1 fully saturated rings. The monoisotopic (exact) mass is 463 g/mol. The van der Waals surface area contributed by atoms with Crippen molar-refractivity contribution in [2.45, 2.75) is 31.4 Å². The minimum atomic E-state index is -4.69. The van der Waals surface area contributed by atoms with Crippen molar-refractivity contribution in [1.82, 2.24) is 19.9 Å². The Balaban J connectivity index is 1.55. The second-order valence-electron chi connectivity index (χ2n) is 8.21. The molecule has 1 saturated heterocycles. The molecule has 5 rings (SSSR count). The summed E-state index contributed by atoms with van der Waals surface area (Å²) in [5, 5.41) is 10.8. The number of methoxy groups -OCH3 is 1. The van der Waals surface area contributed by atoms with Crippen molar-refractivity contribution in [2.24, 2.45) is 0 Å². The zero-order valence-electron chi connectivity index (χ0n) is 18.2. The highest BCUT2D eigenvalue weighted by Gasteiger charge is 2.38. The third-order valence-electron chi connectivity index (χ3n) is 6.04. The number of nitrogens with one attached hydrogen (secondary N) is 1. The van der Waals surface area contributed by atoms with Crippen LogP contribution >= 0.6 is 0 Å². The minimum Gasteiger partial charge on any atom is -0.497 e. The summed E-state index contributed by atoms with van der Waals surface area (Å²) in [7, 11) is 1.59. The highest BCUT2D eigenvalue weighted by Crippen LogP contribution is 2.40. The fourth-order valence-electron chi connectivity index (χ4n) is 4.47. The Morgan fingerprint density at radius 3 is 2.79 bits per heavy atom. The van der Waals surface area contributed by atoms with E-state index in [1.165, 1.54) is 6.07 Å². The number of rotatable bonds is 4. The molecule has 3 atom stereocenters. The lowest BCUT2D eigenvalue weighted by molar-refractivity contribution is -0.220. The maximum absolute atomic E-state index is 13.2. The Labute approximate surface area is 188 Å². The van der Waals surface area contributed by atoms with Gasteiger partial charge in [-0.05, 0) is 31.2 Å². The third-order valence-corrected chi connectivity index (χ3v) is 6.04. The number of benzene rings is 2. The lowest BCUT2D eigenvalue weighted by Crippen LogP contribution is -2.54.